The van der Waals surface area contributed by atoms with Crippen molar-refractivity contribution in [3.8, 4) is 5.75 Å². The van der Waals surface area contributed by atoms with Gasteiger partial charge in [0.2, 0.25) is 0 Å². The average Bonchev–Trinajstić information content (AvgIpc) is 2.46. The normalized spacial score (nSPS) is 11.1. The van der Waals surface area contributed by atoms with Crippen molar-refractivity contribution in [1.82, 2.24) is 4.98 Å². The van der Waals surface area contributed by atoms with E-state index in [9.17, 15) is 0 Å². The molecule has 0 aliphatic carbocycles. The zero-order chi connectivity index (χ0) is 15.4. The van der Waals surface area contributed by atoms with Crippen LogP contribution >= 0.6 is 0 Å². The van der Waals surface area contributed by atoms with Gasteiger partial charge in [0.05, 0.1) is 0 Å². The predicted octanol–water partition coefficient (Wildman–Crippen LogP) is 4.49. The highest BCUT2D eigenvalue weighted by atomic mass is 16.5. The number of nitrogens with two attached hydrogens (primary N) is 1. The Bertz CT molecular complexity index is 562. The smallest absolute Gasteiger partial charge is 0.126 e. The van der Waals surface area contributed by atoms with Gasteiger partial charge in [-0.1, -0.05) is 52.0 Å². The maximum absolute atomic E-state index is 6.14. The Balaban J connectivity index is 2.26. The summed E-state index contributed by atoms with van der Waals surface area (Å²) >= 11 is 0. The average molecular weight is 284 g/mol. The van der Waals surface area contributed by atoms with Gasteiger partial charge in [0.25, 0.3) is 0 Å². The summed E-state index contributed by atoms with van der Waals surface area (Å²) in [6.45, 7) is 9.28. The number of nitrogens with zero attached hydrogens (tertiary/aromatic N) is 1. The molecule has 1 aromatic carbocycles. The van der Waals surface area contributed by atoms with Gasteiger partial charge in [-0.2, -0.15) is 0 Å². The third kappa shape index (κ3) is 3.75. The number of aromatic nitrogens is 1. The molecule has 0 amide bonds. The second kappa shape index (κ2) is 6.61. The Kier molecular flexibility index (Phi) is 4.84. The second-order valence-corrected chi connectivity index (χ2v) is 5.95. The Labute approximate surface area is 127 Å². The molecule has 0 fully saturated rings. The summed E-state index contributed by atoms with van der Waals surface area (Å²) in [5.74, 6) is 2.41. The first-order valence-corrected chi connectivity index (χ1v) is 7.45. The first-order valence-electron chi connectivity index (χ1n) is 7.45. The van der Waals surface area contributed by atoms with Crippen LogP contribution in [0.2, 0.25) is 0 Å². The minimum Gasteiger partial charge on any atom is -0.488 e. The van der Waals surface area contributed by atoms with Gasteiger partial charge < -0.3 is 10.5 Å². The van der Waals surface area contributed by atoms with Crippen LogP contribution in [0.25, 0.3) is 0 Å². The van der Waals surface area contributed by atoms with Crippen LogP contribution in [-0.4, -0.2) is 4.98 Å². The summed E-state index contributed by atoms with van der Waals surface area (Å²) < 4.78 is 6.14. The quantitative estimate of drug-likeness (QED) is 0.880. The van der Waals surface area contributed by atoms with Crippen molar-refractivity contribution in [3.05, 3.63) is 53.2 Å². The van der Waals surface area contributed by atoms with Crippen LogP contribution in [0.5, 0.6) is 5.75 Å². The summed E-state index contributed by atoms with van der Waals surface area (Å²) in [5.41, 5.74) is 9.14. The maximum atomic E-state index is 6.14. The molecular weight excluding hydrogens is 260 g/mol. The monoisotopic (exact) mass is 284 g/mol. The lowest BCUT2D eigenvalue weighted by Gasteiger charge is -2.20. The third-order valence-electron chi connectivity index (χ3n) is 3.55. The van der Waals surface area contributed by atoms with Gasteiger partial charge in [0.1, 0.15) is 18.2 Å². The van der Waals surface area contributed by atoms with Crippen LogP contribution in [-0.2, 0) is 6.61 Å². The van der Waals surface area contributed by atoms with Gasteiger partial charge in [0.15, 0.2) is 0 Å². The minimum absolute atomic E-state index is 0.434. The number of ether oxygens (including phenoxy) is 1. The Hall–Kier alpha value is -2.03. The van der Waals surface area contributed by atoms with E-state index in [1.807, 2.05) is 6.07 Å². The molecule has 2 rings (SSSR count). The fourth-order valence-electron chi connectivity index (χ4n) is 2.33. The number of anilines is 1. The molecule has 0 atom stereocenters. The minimum atomic E-state index is 0.434. The molecule has 0 aliphatic heterocycles. The lowest BCUT2D eigenvalue weighted by atomic mass is 9.94. The molecule has 0 aliphatic rings. The van der Waals surface area contributed by atoms with E-state index < -0.39 is 0 Å². The molecule has 0 unspecified atom stereocenters. The van der Waals surface area contributed by atoms with Gasteiger partial charge >= 0.3 is 0 Å². The van der Waals surface area contributed by atoms with Crippen LogP contribution in [0.15, 0.2) is 36.5 Å². The van der Waals surface area contributed by atoms with E-state index in [-0.39, 0.29) is 0 Å². The second-order valence-electron chi connectivity index (χ2n) is 5.95. The molecule has 0 bridgehead atoms. The molecule has 0 radical (unpaired) electrons. The summed E-state index contributed by atoms with van der Waals surface area (Å²) in [6.07, 6.45) is 1.77. The van der Waals surface area contributed by atoms with Crippen molar-refractivity contribution in [2.75, 3.05) is 5.73 Å². The molecule has 0 saturated carbocycles. The van der Waals surface area contributed by atoms with Gasteiger partial charge in [-0.3, -0.25) is 0 Å². The summed E-state index contributed by atoms with van der Waals surface area (Å²) in [7, 11) is 0. The first kappa shape index (κ1) is 15.4. The van der Waals surface area contributed by atoms with Crippen LogP contribution in [0.1, 0.15) is 56.2 Å². The number of hydrogen-bond acceptors (Lipinski definition) is 3. The lowest BCUT2D eigenvalue weighted by Crippen LogP contribution is -2.05. The third-order valence-corrected chi connectivity index (χ3v) is 3.55. The van der Waals surface area contributed by atoms with Crippen molar-refractivity contribution in [2.24, 2.45) is 0 Å². The van der Waals surface area contributed by atoms with E-state index in [2.05, 4.69) is 50.9 Å². The van der Waals surface area contributed by atoms with Gasteiger partial charge in [-0.15, -0.1) is 0 Å². The highest BCUT2D eigenvalue weighted by molar-refractivity contribution is 5.45. The standard InChI is InChI=1S/C18H24N2O/c1-12(2)15-6-5-7-16(13(3)4)18(15)21-11-14-8-9-17(19)20-10-14/h5-10,12-13H,11H2,1-4H3,(H2,19,20). The first-order chi connectivity index (χ1) is 9.99. The van der Waals surface area contributed by atoms with Crippen LogP contribution in [0.4, 0.5) is 5.82 Å². The number of para-hydroxylation sites is 1. The Morgan fingerprint density at radius 2 is 1.62 bits per heavy atom. The molecule has 0 saturated heterocycles. The zero-order valence-electron chi connectivity index (χ0n) is 13.3. The Morgan fingerprint density at radius 1 is 1.00 bits per heavy atom. The summed E-state index contributed by atoms with van der Waals surface area (Å²) in [4.78, 5) is 4.10. The molecule has 1 aromatic heterocycles. The van der Waals surface area contributed by atoms with Crippen molar-refractivity contribution in [1.29, 1.82) is 0 Å². The lowest BCUT2D eigenvalue weighted by molar-refractivity contribution is 0.297. The van der Waals surface area contributed by atoms with E-state index in [0.717, 1.165) is 11.3 Å². The van der Waals surface area contributed by atoms with Crippen molar-refractivity contribution < 1.29 is 4.74 Å². The molecule has 2 aromatic rings. The van der Waals surface area contributed by atoms with E-state index >= 15 is 0 Å². The fraction of sp³-hybridized carbons (Fsp3) is 0.389. The number of nitrogen functional groups attached to an aromatic ring is 1. The molecule has 1 heterocycles. The number of benzene rings is 1. The molecule has 21 heavy (non-hydrogen) atoms. The van der Waals surface area contributed by atoms with Crippen LogP contribution in [0.3, 0.4) is 0 Å². The molecule has 2 N–H and O–H groups in total. The van der Waals surface area contributed by atoms with Gasteiger partial charge in [0, 0.05) is 11.8 Å². The van der Waals surface area contributed by atoms with E-state index in [1.165, 1.54) is 11.1 Å². The van der Waals surface area contributed by atoms with E-state index in [1.54, 1.807) is 12.3 Å². The number of rotatable bonds is 5. The molecule has 112 valence electrons. The van der Waals surface area contributed by atoms with Crippen LogP contribution < -0.4 is 10.5 Å². The van der Waals surface area contributed by atoms with Crippen molar-refractivity contribution >= 4 is 5.82 Å². The van der Waals surface area contributed by atoms with Gasteiger partial charge in [-0.05, 0) is 29.0 Å². The molecule has 3 nitrogen and oxygen atoms in total. The van der Waals surface area contributed by atoms with Gasteiger partial charge in [-0.25, -0.2) is 4.98 Å². The number of pyridine rings is 1. The topological polar surface area (TPSA) is 48.1 Å². The van der Waals surface area contributed by atoms with E-state index in [0.29, 0.717) is 24.3 Å². The van der Waals surface area contributed by atoms with Crippen LogP contribution in [0, 0.1) is 0 Å². The number of hydrogen-bond donors (Lipinski definition) is 1. The molecule has 0 spiro atoms. The molecule has 3 heteroatoms. The highest BCUT2D eigenvalue weighted by Crippen LogP contribution is 2.34. The summed E-state index contributed by atoms with van der Waals surface area (Å²) in [5, 5.41) is 0. The Morgan fingerprint density at radius 3 is 2.10 bits per heavy atom. The predicted molar refractivity (Wildman–Crippen MR) is 87.6 cm³/mol. The molecular formula is C18H24N2O. The maximum Gasteiger partial charge on any atom is 0.126 e. The van der Waals surface area contributed by atoms with Crippen molar-refractivity contribution in [2.45, 2.75) is 46.1 Å². The highest BCUT2D eigenvalue weighted by Gasteiger charge is 2.15. The van der Waals surface area contributed by atoms with Crippen molar-refractivity contribution in [3.63, 3.8) is 0 Å². The van der Waals surface area contributed by atoms with E-state index in [4.69, 9.17) is 10.5 Å². The summed E-state index contributed by atoms with van der Waals surface area (Å²) in [6, 6.07) is 10.2. The largest absolute Gasteiger partial charge is 0.488 e. The fourth-order valence-corrected chi connectivity index (χ4v) is 2.33. The zero-order valence-corrected chi connectivity index (χ0v) is 13.3. The SMILES string of the molecule is CC(C)c1cccc(C(C)C)c1OCc1ccc(N)nc1.